The number of nitrogens with zero attached hydrogens (tertiary/aromatic N) is 1. The van der Waals surface area contributed by atoms with E-state index < -0.39 is 35.0 Å². The van der Waals surface area contributed by atoms with Gasteiger partial charge < -0.3 is 0 Å². The summed E-state index contributed by atoms with van der Waals surface area (Å²) in [5.74, 6) is -2.75. The van der Waals surface area contributed by atoms with Gasteiger partial charge in [-0.15, -0.1) is 0 Å². The molecular formula is C11H11F4NO. The number of rotatable bonds is 3. The molecule has 6 heteroatoms. The van der Waals surface area contributed by atoms with Crippen molar-refractivity contribution in [1.82, 2.24) is 4.98 Å². The fraction of sp³-hybridized carbons (Fsp3) is 0.455. The average molecular weight is 249 g/mol. The topological polar surface area (TPSA) is 30.0 Å². The van der Waals surface area contributed by atoms with Crippen LogP contribution in [0.15, 0.2) is 12.3 Å². The maximum atomic E-state index is 13.5. The van der Waals surface area contributed by atoms with Crippen LogP contribution in [0.3, 0.4) is 0 Å². The zero-order chi connectivity index (χ0) is 13.2. The summed E-state index contributed by atoms with van der Waals surface area (Å²) < 4.78 is 50.6. The van der Waals surface area contributed by atoms with Gasteiger partial charge in [0.1, 0.15) is 0 Å². The van der Waals surface area contributed by atoms with Crippen molar-refractivity contribution >= 4 is 5.78 Å². The fourth-order valence-electron chi connectivity index (χ4n) is 1.28. The van der Waals surface area contributed by atoms with Gasteiger partial charge in [-0.2, -0.15) is 13.2 Å². The molecule has 0 aliphatic rings. The fourth-order valence-corrected chi connectivity index (χ4v) is 1.28. The second-order valence-electron chi connectivity index (χ2n) is 3.69. The zero-order valence-corrected chi connectivity index (χ0v) is 9.31. The first kappa shape index (κ1) is 13.6. The Kier molecular flexibility index (Phi) is 3.85. The number of aromatic nitrogens is 1. The normalized spacial score (nSPS) is 13.5. The second-order valence-corrected chi connectivity index (χ2v) is 3.69. The number of pyridine rings is 1. The van der Waals surface area contributed by atoms with Gasteiger partial charge in [-0.25, -0.2) is 9.37 Å². The highest BCUT2D eigenvalue weighted by Gasteiger charge is 2.38. The van der Waals surface area contributed by atoms with Gasteiger partial charge >= 0.3 is 6.18 Å². The minimum absolute atomic E-state index is 0.432. The molecule has 1 heterocycles. The van der Waals surface area contributed by atoms with Crippen LogP contribution >= 0.6 is 0 Å². The molecule has 0 saturated carbocycles. The van der Waals surface area contributed by atoms with Crippen molar-refractivity contribution in [3.05, 3.63) is 29.3 Å². The second kappa shape index (κ2) is 4.81. The lowest BCUT2D eigenvalue weighted by molar-refractivity contribution is -0.143. The van der Waals surface area contributed by atoms with Crippen molar-refractivity contribution in [3.8, 4) is 0 Å². The van der Waals surface area contributed by atoms with Gasteiger partial charge in [-0.05, 0) is 12.5 Å². The van der Waals surface area contributed by atoms with Crippen LogP contribution in [0.1, 0.15) is 36.3 Å². The van der Waals surface area contributed by atoms with Crippen molar-refractivity contribution in [2.24, 2.45) is 5.92 Å². The zero-order valence-electron chi connectivity index (χ0n) is 9.31. The van der Waals surface area contributed by atoms with Crippen LogP contribution in [-0.2, 0) is 6.18 Å². The predicted octanol–water partition coefficient (Wildman–Crippen LogP) is 3.47. The highest BCUT2D eigenvalue weighted by molar-refractivity contribution is 5.97. The summed E-state index contributed by atoms with van der Waals surface area (Å²) in [6, 6.07) is 0.971. The molecule has 0 radical (unpaired) electrons. The molecule has 1 unspecified atom stereocenters. The monoisotopic (exact) mass is 249 g/mol. The molecule has 0 aliphatic carbocycles. The molecule has 0 saturated heterocycles. The van der Waals surface area contributed by atoms with E-state index in [0.29, 0.717) is 6.42 Å². The molecule has 2 nitrogen and oxygen atoms in total. The third-order valence-corrected chi connectivity index (χ3v) is 2.48. The third kappa shape index (κ3) is 2.81. The quantitative estimate of drug-likeness (QED) is 0.606. The standard InChI is InChI=1S/C11H11F4NO/c1-3-6(2)9(17)7-4-5-16-10(8(7)12)11(13,14)15/h4-6H,3H2,1-2H3. The van der Waals surface area contributed by atoms with Crippen molar-refractivity contribution in [2.75, 3.05) is 0 Å². The number of halogens is 4. The largest absolute Gasteiger partial charge is 0.436 e. The minimum Gasteiger partial charge on any atom is -0.294 e. The van der Waals surface area contributed by atoms with E-state index in [2.05, 4.69) is 4.98 Å². The number of carbonyl (C=O) groups is 1. The summed E-state index contributed by atoms with van der Waals surface area (Å²) in [5.41, 5.74) is -2.20. The molecule has 0 bridgehead atoms. The van der Waals surface area contributed by atoms with Crippen molar-refractivity contribution in [1.29, 1.82) is 0 Å². The lowest BCUT2D eigenvalue weighted by Gasteiger charge is -2.11. The lowest BCUT2D eigenvalue weighted by atomic mass is 9.97. The van der Waals surface area contributed by atoms with Crippen LogP contribution in [-0.4, -0.2) is 10.8 Å². The molecule has 1 aromatic rings. The average Bonchev–Trinajstić information content (AvgIpc) is 2.25. The van der Waals surface area contributed by atoms with Crippen molar-refractivity contribution < 1.29 is 22.4 Å². The molecule has 1 atom stereocenters. The van der Waals surface area contributed by atoms with Crippen molar-refractivity contribution in [3.63, 3.8) is 0 Å². The number of ketones is 1. The smallest absolute Gasteiger partial charge is 0.294 e. The number of hydrogen-bond acceptors (Lipinski definition) is 2. The van der Waals surface area contributed by atoms with Crippen molar-refractivity contribution in [2.45, 2.75) is 26.4 Å². The van der Waals surface area contributed by atoms with Crippen LogP contribution in [0, 0.1) is 11.7 Å². The van der Waals surface area contributed by atoms with E-state index >= 15 is 0 Å². The molecule has 1 rings (SSSR count). The Labute approximate surface area is 95.7 Å². The third-order valence-electron chi connectivity index (χ3n) is 2.48. The van der Waals surface area contributed by atoms with Crippen LogP contribution in [0.5, 0.6) is 0 Å². The molecule has 0 aromatic carbocycles. The molecule has 0 amide bonds. The Bertz CT molecular complexity index is 428. The summed E-state index contributed by atoms with van der Waals surface area (Å²) in [6.45, 7) is 3.24. The Morgan fingerprint density at radius 2 is 2.06 bits per heavy atom. The summed E-state index contributed by atoms with van der Waals surface area (Å²) in [7, 11) is 0. The Hall–Kier alpha value is -1.46. The predicted molar refractivity (Wildman–Crippen MR) is 53.0 cm³/mol. The maximum absolute atomic E-state index is 13.5. The first-order chi connectivity index (χ1) is 7.79. The molecule has 0 fully saturated rings. The molecule has 17 heavy (non-hydrogen) atoms. The van der Waals surface area contributed by atoms with Gasteiger partial charge in [0, 0.05) is 12.1 Å². The molecule has 1 aromatic heterocycles. The summed E-state index contributed by atoms with van der Waals surface area (Å²) in [6.07, 6.45) is -3.67. The molecule has 94 valence electrons. The lowest BCUT2D eigenvalue weighted by Crippen LogP contribution is -2.18. The number of Topliss-reactive ketones (excluding diaryl/α,β-unsaturated/α-hetero) is 1. The SMILES string of the molecule is CCC(C)C(=O)c1ccnc(C(F)(F)F)c1F. The Balaban J connectivity index is 3.24. The van der Waals surface area contributed by atoms with Gasteiger partial charge in [0.15, 0.2) is 17.3 Å². The highest BCUT2D eigenvalue weighted by atomic mass is 19.4. The van der Waals surface area contributed by atoms with Crippen LogP contribution in [0.4, 0.5) is 17.6 Å². The first-order valence-corrected chi connectivity index (χ1v) is 5.05. The van der Waals surface area contributed by atoms with E-state index in [0.717, 1.165) is 12.3 Å². The molecular weight excluding hydrogens is 238 g/mol. The van der Waals surface area contributed by atoms with Crippen LogP contribution < -0.4 is 0 Å². The molecule has 0 N–H and O–H groups in total. The molecule has 0 aliphatic heterocycles. The minimum atomic E-state index is -4.89. The molecule has 0 spiro atoms. The van der Waals surface area contributed by atoms with Gasteiger partial charge in [0.2, 0.25) is 0 Å². The number of hydrogen-bond donors (Lipinski definition) is 0. The van der Waals surface area contributed by atoms with Gasteiger partial charge in [-0.3, -0.25) is 4.79 Å². The van der Waals surface area contributed by atoms with E-state index in [-0.39, 0.29) is 0 Å². The van der Waals surface area contributed by atoms with E-state index in [1.54, 1.807) is 6.92 Å². The van der Waals surface area contributed by atoms with Gasteiger partial charge in [0.25, 0.3) is 0 Å². The van der Waals surface area contributed by atoms with Gasteiger partial charge in [0.05, 0.1) is 5.56 Å². The summed E-state index contributed by atoms with van der Waals surface area (Å²) >= 11 is 0. The van der Waals surface area contributed by atoms with Gasteiger partial charge in [-0.1, -0.05) is 13.8 Å². The highest BCUT2D eigenvalue weighted by Crippen LogP contribution is 2.31. The number of carbonyl (C=O) groups excluding carboxylic acids is 1. The van der Waals surface area contributed by atoms with E-state index in [1.807, 2.05) is 0 Å². The van der Waals surface area contributed by atoms with E-state index in [4.69, 9.17) is 0 Å². The summed E-state index contributed by atoms with van der Waals surface area (Å²) in [4.78, 5) is 14.6. The number of alkyl halides is 3. The Morgan fingerprint density at radius 3 is 2.53 bits per heavy atom. The van der Waals surface area contributed by atoms with E-state index in [9.17, 15) is 22.4 Å². The van der Waals surface area contributed by atoms with Crippen LogP contribution in [0.25, 0.3) is 0 Å². The first-order valence-electron chi connectivity index (χ1n) is 5.05. The summed E-state index contributed by atoms with van der Waals surface area (Å²) in [5, 5.41) is 0. The van der Waals surface area contributed by atoms with E-state index in [1.165, 1.54) is 6.92 Å². The maximum Gasteiger partial charge on any atom is 0.436 e. The Morgan fingerprint density at radius 1 is 1.47 bits per heavy atom. The van der Waals surface area contributed by atoms with Crippen LogP contribution in [0.2, 0.25) is 0 Å².